The molecule has 0 unspecified atom stereocenters. The molecule has 2 aliphatic rings. The first-order valence-corrected chi connectivity index (χ1v) is 15.8. The number of nitrogens with one attached hydrogen (secondary N) is 3. The predicted molar refractivity (Wildman–Crippen MR) is 162 cm³/mol. The van der Waals surface area contributed by atoms with Gasteiger partial charge >= 0.3 is 6.03 Å². The van der Waals surface area contributed by atoms with Gasteiger partial charge in [0.15, 0.2) is 0 Å². The largest absolute Gasteiger partial charge is 0.342 e. The van der Waals surface area contributed by atoms with Crippen molar-refractivity contribution < 1.29 is 14.4 Å². The van der Waals surface area contributed by atoms with E-state index in [9.17, 15) is 14.4 Å². The lowest BCUT2D eigenvalue weighted by atomic mass is 9.81. The molecule has 0 radical (unpaired) electrons. The van der Waals surface area contributed by atoms with Gasteiger partial charge in [0.2, 0.25) is 11.8 Å². The minimum atomic E-state index is -0.736. The molecule has 1 atom stereocenters. The summed E-state index contributed by atoms with van der Waals surface area (Å²) in [6.07, 6.45) is 7.21. The molecule has 8 nitrogen and oxygen atoms in total. The molecule has 9 heteroatoms. The third-order valence-corrected chi connectivity index (χ3v) is 8.80. The molecule has 4 amide bonds. The minimum absolute atomic E-state index is 0.00162. The molecule has 4 rings (SSSR count). The van der Waals surface area contributed by atoms with Crippen LogP contribution in [0.5, 0.6) is 0 Å². The zero-order chi connectivity index (χ0) is 28.4. The Morgan fingerprint density at radius 3 is 2.42 bits per heavy atom. The average molecular weight is 566 g/mol. The lowest BCUT2D eigenvalue weighted by molar-refractivity contribution is -0.161. The van der Waals surface area contributed by atoms with Crippen molar-refractivity contribution in [2.24, 2.45) is 0 Å². The van der Waals surface area contributed by atoms with E-state index < -0.39 is 11.6 Å². The lowest BCUT2D eigenvalue weighted by Crippen LogP contribution is -2.72. The van der Waals surface area contributed by atoms with Gasteiger partial charge in [0.1, 0.15) is 11.6 Å². The van der Waals surface area contributed by atoms with Gasteiger partial charge < -0.3 is 25.8 Å². The van der Waals surface area contributed by atoms with Crippen LogP contribution in [0.1, 0.15) is 51.0 Å². The van der Waals surface area contributed by atoms with E-state index in [4.69, 9.17) is 0 Å². The fourth-order valence-electron chi connectivity index (χ4n) is 5.72. The van der Waals surface area contributed by atoms with Crippen molar-refractivity contribution in [3.63, 3.8) is 0 Å². The first-order valence-electron chi connectivity index (χ1n) is 14.5. The lowest BCUT2D eigenvalue weighted by Gasteiger charge is -2.51. The van der Waals surface area contributed by atoms with E-state index in [0.29, 0.717) is 32.4 Å². The van der Waals surface area contributed by atoms with E-state index in [-0.39, 0.29) is 17.8 Å². The van der Waals surface area contributed by atoms with E-state index in [2.05, 4.69) is 52.0 Å². The number of carbonyl (C=O) groups is 3. The van der Waals surface area contributed by atoms with E-state index in [1.807, 2.05) is 41.5 Å². The quantitative estimate of drug-likeness (QED) is 0.260. The van der Waals surface area contributed by atoms with Crippen LogP contribution in [0, 0.1) is 0 Å². The molecule has 2 aliphatic heterocycles. The minimum Gasteiger partial charge on any atom is -0.342 e. The Hall–Kier alpha value is -3.04. The summed E-state index contributed by atoms with van der Waals surface area (Å²) < 4.78 is 0. The van der Waals surface area contributed by atoms with Crippen LogP contribution in [0.25, 0.3) is 0 Å². The molecule has 2 heterocycles. The molecule has 2 saturated heterocycles. The summed E-state index contributed by atoms with van der Waals surface area (Å²) >= 11 is 1.65. The van der Waals surface area contributed by atoms with Gasteiger partial charge in [0, 0.05) is 43.3 Å². The normalized spacial score (nSPS) is 18.9. The number of piperidine rings is 1. The van der Waals surface area contributed by atoms with E-state index >= 15 is 0 Å². The Morgan fingerprint density at radius 2 is 1.75 bits per heavy atom. The number of piperazine rings is 1. The topological polar surface area (TPSA) is 93.8 Å². The molecule has 216 valence electrons. The molecule has 1 spiro atoms. The molecule has 0 aliphatic carbocycles. The first-order chi connectivity index (χ1) is 19.4. The molecule has 0 bridgehead atoms. The van der Waals surface area contributed by atoms with Crippen LogP contribution in [-0.4, -0.2) is 78.2 Å². The number of urea groups is 1. The van der Waals surface area contributed by atoms with Crippen LogP contribution in [0.4, 0.5) is 10.5 Å². The van der Waals surface area contributed by atoms with Crippen molar-refractivity contribution in [2.75, 3.05) is 44.3 Å². The van der Waals surface area contributed by atoms with Crippen LogP contribution in [-0.2, 0) is 16.0 Å². The maximum atomic E-state index is 13.6. The number of benzene rings is 2. The zero-order valence-electron chi connectivity index (χ0n) is 23.8. The molecule has 2 aromatic rings. The second kappa shape index (κ2) is 14.6. The maximum Gasteiger partial charge on any atom is 0.319 e. The SMILES string of the molecule is CCCN1C(=O)[C@H](CCCCNC(=O)Nc2ccc(SC)cc2)NC(=O)C12CCN(CCc1ccccc1)CC2. The summed E-state index contributed by atoms with van der Waals surface area (Å²) in [5.74, 6) is 0.0387. The fraction of sp³-hybridized carbons (Fsp3) is 0.516. The number of thioether (sulfide) groups is 1. The summed E-state index contributed by atoms with van der Waals surface area (Å²) in [6.45, 7) is 5.76. The second-order valence-corrected chi connectivity index (χ2v) is 11.6. The Morgan fingerprint density at radius 1 is 1.02 bits per heavy atom. The Labute approximate surface area is 242 Å². The van der Waals surface area contributed by atoms with Crippen molar-refractivity contribution in [2.45, 2.75) is 68.3 Å². The summed E-state index contributed by atoms with van der Waals surface area (Å²) in [5.41, 5.74) is 1.33. The predicted octanol–water partition coefficient (Wildman–Crippen LogP) is 4.51. The van der Waals surface area contributed by atoms with Crippen molar-refractivity contribution in [1.82, 2.24) is 20.4 Å². The third kappa shape index (κ3) is 7.57. The highest BCUT2D eigenvalue weighted by Gasteiger charge is 2.52. The summed E-state index contributed by atoms with van der Waals surface area (Å²) in [7, 11) is 0. The van der Waals surface area contributed by atoms with E-state index in [1.165, 1.54) is 5.56 Å². The van der Waals surface area contributed by atoms with Gasteiger partial charge in [0.25, 0.3) is 0 Å². The molecule has 2 aromatic carbocycles. The number of nitrogens with zero attached hydrogens (tertiary/aromatic N) is 2. The standard InChI is InChI=1S/C31H43N5O3S/c1-3-20-36-28(37)27(11-7-8-19-32-30(39)33-25-12-14-26(40-2)15-13-25)34-29(38)31(36)17-22-35(23-18-31)21-16-24-9-5-4-6-10-24/h4-6,9-10,12-15,27H,3,7-8,11,16-23H2,1-2H3,(H,34,38)(H2,32,33,39)/t27-/m0/s1. The number of carbonyl (C=O) groups excluding carboxylic acids is 3. The van der Waals surface area contributed by atoms with Crippen molar-refractivity contribution in [3.05, 3.63) is 60.2 Å². The van der Waals surface area contributed by atoms with Gasteiger partial charge in [-0.3, -0.25) is 9.59 Å². The van der Waals surface area contributed by atoms with Gasteiger partial charge in [-0.25, -0.2) is 4.79 Å². The van der Waals surface area contributed by atoms with E-state index in [1.54, 1.807) is 11.8 Å². The number of rotatable bonds is 12. The molecular formula is C31H43N5O3S. The maximum absolute atomic E-state index is 13.6. The van der Waals surface area contributed by atoms with Gasteiger partial charge in [0.05, 0.1) is 0 Å². The van der Waals surface area contributed by atoms with Crippen LogP contribution in [0.2, 0.25) is 0 Å². The number of anilines is 1. The summed E-state index contributed by atoms with van der Waals surface area (Å²) in [5, 5.41) is 8.79. The van der Waals surface area contributed by atoms with Crippen LogP contribution < -0.4 is 16.0 Å². The number of unbranched alkanes of at least 4 members (excludes halogenated alkanes) is 1. The van der Waals surface area contributed by atoms with Gasteiger partial charge in [-0.1, -0.05) is 37.3 Å². The van der Waals surface area contributed by atoms with Crippen LogP contribution in [0.15, 0.2) is 59.5 Å². The highest BCUT2D eigenvalue weighted by molar-refractivity contribution is 7.98. The van der Waals surface area contributed by atoms with Crippen molar-refractivity contribution >= 4 is 35.3 Å². The van der Waals surface area contributed by atoms with Crippen molar-refractivity contribution in [1.29, 1.82) is 0 Å². The highest BCUT2D eigenvalue weighted by Crippen LogP contribution is 2.34. The number of likely N-dealkylation sites (tertiary alicyclic amines) is 1. The van der Waals surface area contributed by atoms with E-state index in [0.717, 1.165) is 55.9 Å². The zero-order valence-corrected chi connectivity index (χ0v) is 24.6. The Kier molecular flexibility index (Phi) is 10.9. The second-order valence-electron chi connectivity index (χ2n) is 10.7. The van der Waals surface area contributed by atoms with Crippen molar-refractivity contribution in [3.8, 4) is 0 Å². The summed E-state index contributed by atoms with van der Waals surface area (Å²) in [6, 6.07) is 17.4. The van der Waals surface area contributed by atoms with Gasteiger partial charge in [-0.2, -0.15) is 0 Å². The molecule has 40 heavy (non-hydrogen) atoms. The average Bonchev–Trinajstić information content (AvgIpc) is 2.98. The highest BCUT2D eigenvalue weighted by atomic mass is 32.2. The number of amides is 4. The monoisotopic (exact) mass is 565 g/mol. The van der Waals surface area contributed by atoms with Crippen LogP contribution >= 0.6 is 11.8 Å². The molecule has 0 aromatic heterocycles. The first kappa shape index (κ1) is 29.9. The molecule has 0 saturated carbocycles. The Bertz CT molecular complexity index is 1120. The summed E-state index contributed by atoms with van der Waals surface area (Å²) in [4.78, 5) is 44.7. The number of hydrogen-bond donors (Lipinski definition) is 3. The fourth-order valence-corrected chi connectivity index (χ4v) is 6.13. The molecular weight excluding hydrogens is 522 g/mol. The van der Waals surface area contributed by atoms with Gasteiger partial charge in [-0.05, 0) is 81.0 Å². The Balaban J connectivity index is 1.22. The molecule has 3 N–H and O–H groups in total. The number of hydrogen-bond acceptors (Lipinski definition) is 5. The smallest absolute Gasteiger partial charge is 0.319 e. The molecule has 2 fully saturated rings. The third-order valence-electron chi connectivity index (χ3n) is 8.05. The van der Waals surface area contributed by atoms with Crippen LogP contribution in [0.3, 0.4) is 0 Å². The van der Waals surface area contributed by atoms with Gasteiger partial charge in [-0.15, -0.1) is 11.8 Å².